The molecule has 1 saturated heterocycles. The van der Waals surface area contributed by atoms with Crippen molar-refractivity contribution in [2.75, 3.05) is 19.6 Å². The van der Waals surface area contributed by atoms with Crippen LogP contribution in [0.2, 0.25) is 0 Å². The van der Waals surface area contributed by atoms with E-state index in [1.165, 1.54) is 38.9 Å². The lowest BCUT2D eigenvalue weighted by atomic mass is 9.79. The summed E-state index contributed by atoms with van der Waals surface area (Å²) >= 11 is 0. The zero-order chi connectivity index (χ0) is 14.7. The molecule has 2 heteroatoms. The van der Waals surface area contributed by atoms with Gasteiger partial charge in [-0.2, -0.15) is 0 Å². The van der Waals surface area contributed by atoms with E-state index in [4.69, 9.17) is 0 Å². The van der Waals surface area contributed by atoms with E-state index in [2.05, 4.69) is 58.7 Å². The number of piperidine rings is 1. The molecular formula is C17H36N2. The van der Waals surface area contributed by atoms with E-state index in [9.17, 15) is 0 Å². The first-order chi connectivity index (χ1) is 8.65. The minimum atomic E-state index is 0.322. The molecule has 1 heterocycles. The molecule has 1 fully saturated rings. The molecular weight excluding hydrogens is 232 g/mol. The highest BCUT2D eigenvalue weighted by atomic mass is 15.2. The van der Waals surface area contributed by atoms with Gasteiger partial charge >= 0.3 is 0 Å². The summed E-state index contributed by atoms with van der Waals surface area (Å²) in [6, 6.07) is 0.724. The molecule has 0 spiro atoms. The molecule has 0 aliphatic carbocycles. The maximum atomic E-state index is 3.71. The van der Waals surface area contributed by atoms with Crippen LogP contribution in [-0.4, -0.2) is 36.1 Å². The second-order valence-corrected chi connectivity index (χ2v) is 8.32. The van der Waals surface area contributed by atoms with E-state index < -0.39 is 0 Å². The number of likely N-dealkylation sites (tertiary alicyclic amines) is 1. The minimum Gasteiger partial charge on any atom is -0.314 e. The van der Waals surface area contributed by atoms with Crippen molar-refractivity contribution >= 4 is 0 Å². The highest BCUT2D eigenvalue weighted by molar-refractivity contribution is 4.92. The van der Waals surface area contributed by atoms with E-state index in [0.717, 1.165) is 12.0 Å². The van der Waals surface area contributed by atoms with Gasteiger partial charge in [0, 0.05) is 24.7 Å². The SMILES string of the molecule is CCCNC1CCN(C(C)(C)CC(C)(C)C)CC1C. The molecule has 0 aromatic rings. The summed E-state index contributed by atoms with van der Waals surface area (Å²) in [5.41, 5.74) is 0.728. The van der Waals surface area contributed by atoms with Gasteiger partial charge in [0.25, 0.3) is 0 Å². The van der Waals surface area contributed by atoms with Gasteiger partial charge in [-0.15, -0.1) is 0 Å². The molecule has 0 aromatic heterocycles. The van der Waals surface area contributed by atoms with Gasteiger partial charge in [0.2, 0.25) is 0 Å². The molecule has 1 aliphatic rings. The summed E-state index contributed by atoms with van der Waals surface area (Å²) in [5, 5.41) is 3.71. The summed E-state index contributed by atoms with van der Waals surface area (Å²) in [7, 11) is 0. The quantitative estimate of drug-likeness (QED) is 0.813. The minimum absolute atomic E-state index is 0.322. The van der Waals surface area contributed by atoms with Crippen molar-refractivity contribution in [3.8, 4) is 0 Å². The van der Waals surface area contributed by atoms with E-state index in [1.54, 1.807) is 0 Å². The first kappa shape index (κ1) is 17.0. The second-order valence-electron chi connectivity index (χ2n) is 8.32. The first-order valence-corrected chi connectivity index (χ1v) is 8.14. The second kappa shape index (κ2) is 6.58. The van der Waals surface area contributed by atoms with E-state index in [1.807, 2.05) is 0 Å². The lowest BCUT2D eigenvalue weighted by molar-refractivity contribution is 0.0287. The van der Waals surface area contributed by atoms with Crippen molar-refractivity contribution in [3.63, 3.8) is 0 Å². The predicted molar refractivity (Wildman–Crippen MR) is 85.6 cm³/mol. The van der Waals surface area contributed by atoms with Crippen molar-refractivity contribution in [3.05, 3.63) is 0 Å². The highest BCUT2D eigenvalue weighted by Crippen LogP contribution is 2.33. The van der Waals surface area contributed by atoms with Crippen LogP contribution in [0.15, 0.2) is 0 Å². The zero-order valence-corrected chi connectivity index (χ0v) is 14.3. The van der Waals surface area contributed by atoms with Gasteiger partial charge < -0.3 is 5.32 Å². The Kier molecular flexibility index (Phi) is 5.88. The summed E-state index contributed by atoms with van der Waals surface area (Å²) in [6.45, 7) is 20.2. The number of nitrogens with one attached hydrogen (secondary N) is 1. The molecule has 1 aliphatic heterocycles. The molecule has 0 bridgehead atoms. The van der Waals surface area contributed by atoms with Crippen LogP contribution in [0.1, 0.15) is 67.7 Å². The standard InChI is InChI=1S/C17H36N2/c1-8-10-18-15-9-11-19(12-14(15)2)17(6,7)13-16(3,4)5/h14-15,18H,8-13H2,1-7H3. The van der Waals surface area contributed by atoms with Gasteiger partial charge in [-0.05, 0) is 51.0 Å². The molecule has 2 atom stereocenters. The Labute approximate surface area is 121 Å². The third-order valence-corrected chi connectivity index (χ3v) is 4.38. The van der Waals surface area contributed by atoms with Crippen LogP contribution < -0.4 is 5.32 Å². The van der Waals surface area contributed by atoms with Crippen molar-refractivity contribution in [1.82, 2.24) is 10.2 Å². The predicted octanol–water partition coefficient (Wildman–Crippen LogP) is 3.91. The van der Waals surface area contributed by atoms with Crippen LogP contribution in [0.3, 0.4) is 0 Å². The molecule has 114 valence electrons. The molecule has 0 amide bonds. The fourth-order valence-electron chi connectivity index (χ4n) is 3.74. The fourth-order valence-corrected chi connectivity index (χ4v) is 3.74. The number of hydrogen-bond acceptors (Lipinski definition) is 2. The molecule has 2 nitrogen and oxygen atoms in total. The number of nitrogens with zero attached hydrogens (tertiary/aromatic N) is 1. The van der Waals surface area contributed by atoms with Gasteiger partial charge in [0.1, 0.15) is 0 Å². The Morgan fingerprint density at radius 2 is 1.79 bits per heavy atom. The average Bonchev–Trinajstić information content (AvgIpc) is 2.24. The Bertz CT molecular complexity index is 265. The van der Waals surface area contributed by atoms with E-state index >= 15 is 0 Å². The number of rotatable bonds is 5. The van der Waals surface area contributed by atoms with Gasteiger partial charge in [0.05, 0.1) is 0 Å². The summed E-state index contributed by atoms with van der Waals surface area (Å²) < 4.78 is 0. The topological polar surface area (TPSA) is 15.3 Å². The molecule has 0 radical (unpaired) electrons. The van der Waals surface area contributed by atoms with Crippen molar-refractivity contribution in [2.45, 2.75) is 79.3 Å². The van der Waals surface area contributed by atoms with Crippen molar-refractivity contribution < 1.29 is 0 Å². The van der Waals surface area contributed by atoms with Crippen LogP contribution in [0.4, 0.5) is 0 Å². The summed E-state index contributed by atoms with van der Waals surface area (Å²) in [5.74, 6) is 0.763. The Morgan fingerprint density at radius 3 is 2.26 bits per heavy atom. The van der Waals surface area contributed by atoms with Crippen LogP contribution in [-0.2, 0) is 0 Å². The lowest BCUT2D eigenvalue weighted by Crippen LogP contribution is -2.56. The third-order valence-electron chi connectivity index (χ3n) is 4.38. The van der Waals surface area contributed by atoms with E-state index in [-0.39, 0.29) is 0 Å². The lowest BCUT2D eigenvalue weighted by Gasteiger charge is -2.48. The monoisotopic (exact) mass is 268 g/mol. The first-order valence-electron chi connectivity index (χ1n) is 8.14. The molecule has 1 N–H and O–H groups in total. The van der Waals surface area contributed by atoms with Gasteiger partial charge in [-0.25, -0.2) is 0 Å². The Morgan fingerprint density at radius 1 is 1.16 bits per heavy atom. The maximum Gasteiger partial charge on any atom is 0.0158 e. The molecule has 2 unspecified atom stereocenters. The van der Waals surface area contributed by atoms with Gasteiger partial charge in [-0.3, -0.25) is 4.90 Å². The largest absolute Gasteiger partial charge is 0.314 e. The Balaban J connectivity index is 2.55. The zero-order valence-electron chi connectivity index (χ0n) is 14.3. The van der Waals surface area contributed by atoms with Crippen LogP contribution in [0, 0.1) is 11.3 Å². The van der Waals surface area contributed by atoms with Crippen LogP contribution in [0.25, 0.3) is 0 Å². The van der Waals surface area contributed by atoms with Crippen molar-refractivity contribution in [2.24, 2.45) is 11.3 Å². The van der Waals surface area contributed by atoms with Gasteiger partial charge in [0.15, 0.2) is 0 Å². The smallest absolute Gasteiger partial charge is 0.0158 e. The maximum absolute atomic E-state index is 3.71. The van der Waals surface area contributed by atoms with Crippen LogP contribution in [0.5, 0.6) is 0 Å². The van der Waals surface area contributed by atoms with Crippen molar-refractivity contribution in [1.29, 1.82) is 0 Å². The number of hydrogen-bond donors (Lipinski definition) is 1. The highest BCUT2D eigenvalue weighted by Gasteiger charge is 2.36. The molecule has 0 saturated carbocycles. The molecule has 19 heavy (non-hydrogen) atoms. The average molecular weight is 268 g/mol. The third kappa shape index (κ3) is 5.43. The van der Waals surface area contributed by atoms with Gasteiger partial charge in [-0.1, -0.05) is 34.6 Å². The van der Waals surface area contributed by atoms with E-state index in [0.29, 0.717) is 11.0 Å². The summed E-state index contributed by atoms with van der Waals surface area (Å²) in [6.07, 6.45) is 3.80. The Hall–Kier alpha value is -0.0800. The normalized spacial score (nSPS) is 26.7. The summed E-state index contributed by atoms with van der Waals surface area (Å²) in [4.78, 5) is 2.72. The molecule has 0 aromatic carbocycles. The molecule has 1 rings (SSSR count). The fraction of sp³-hybridized carbons (Fsp3) is 1.00. The van der Waals surface area contributed by atoms with Crippen LogP contribution >= 0.6 is 0 Å².